The number of hydrogen-bond acceptors (Lipinski definition) is 4. The van der Waals surface area contributed by atoms with Crippen LogP contribution in [0.3, 0.4) is 0 Å². The number of rotatable bonds is 12. The van der Waals surface area contributed by atoms with Gasteiger partial charge in [0.05, 0.1) is 12.6 Å². The van der Waals surface area contributed by atoms with Crippen molar-refractivity contribution in [3.8, 4) is 17.0 Å². The van der Waals surface area contributed by atoms with Crippen molar-refractivity contribution in [2.45, 2.75) is 40.5 Å². The summed E-state index contributed by atoms with van der Waals surface area (Å²) in [5, 5.41) is 8.01. The zero-order chi connectivity index (χ0) is 25.4. The fraction of sp³-hybridized carbons (Fsp3) is 0.448. The van der Waals surface area contributed by atoms with E-state index in [1.54, 1.807) is 7.11 Å². The van der Waals surface area contributed by atoms with E-state index in [0.29, 0.717) is 17.4 Å². The van der Waals surface area contributed by atoms with Crippen LogP contribution in [0, 0.1) is 11.8 Å². The number of benzene rings is 1. The van der Waals surface area contributed by atoms with E-state index in [1.165, 1.54) is 0 Å². The van der Waals surface area contributed by atoms with Gasteiger partial charge in [0.2, 0.25) is 0 Å². The van der Waals surface area contributed by atoms with Gasteiger partial charge in [-0.3, -0.25) is 4.79 Å². The third kappa shape index (κ3) is 6.95. The Bertz CT molecular complexity index is 1120. The predicted octanol–water partition coefficient (Wildman–Crippen LogP) is 5.78. The van der Waals surface area contributed by atoms with Crippen LogP contribution in [0.5, 0.6) is 5.75 Å². The Hall–Kier alpha value is -3.12. The van der Waals surface area contributed by atoms with Gasteiger partial charge in [-0.2, -0.15) is 5.10 Å². The fourth-order valence-corrected chi connectivity index (χ4v) is 3.94. The zero-order valence-electron chi connectivity index (χ0n) is 22.0. The molecule has 0 aliphatic heterocycles. The summed E-state index contributed by atoms with van der Waals surface area (Å²) in [6.07, 6.45) is 8.06. The highest BCUT2D eigenvalue weighted by Gasteiger charge is 2.19. The fourth-order valence-electron chi connectivity index (χ4n) is 3.94. The van der Waals surface area contributed by atoms with Crippen LogP contribution in [-0.2, 0) is 0 Å². The van der Waals surface area contributed by atoms with E-state index in [9.17, 15) is 4.79 Å². The monoisotopic (exact) mass is 476 g/mol. The number of hydrogen-bond donors (Lipinski definition) is 1. The molecule has 1 amide bonds. The van der Waals surface area contributed by atoms with Gasteiger partial charge in [-0.1, -0.05) is 39.8 Å². The van der Waals surface area contributed by atoms with Gasteiger partial charge < -0.3 is 15.0 Å². The summed E-state index contributed by atoms with van der Waals surface area (Å²) in [6, 6.07) is 11.8. The highest BCUT2D eigenvalue weighted by Crippen LogP contribution is 2.29. The zero-order valence-corrected chi connectivity index (χ0v) is 22.0. The summed E-state index contributed by atoms with van der Waals surface area (Å²) in [5.41, 5.74) is 4.50. The maximum atomic E-state index is 13.6. The highest BCUT2D eigenvalue weighted by molar-refractivity contribution is 5.96. The summed E-state index contributed by atoms with van der Waals surface area (Å²) >= 11 is 0. The molecule has 0 aliphatic rings. The van der Waals surface area contributed by atoms with Crippen LogP contribution in [0.1, 0.15) is 56.5 Å². The number of pyridine rings is 1. The van der Waals surface area contributed by atoms with Crippen molar-refractivity contribution in [1.82, 2.24) is 19.8 Å². The molecule has 3 aromatic rings. The highest BCUT2D eigenvalue weighted by atomic mass is 16.5. The van der Waals surface area contributed by atoms with Gasteiger partial charge in [0.1, 0.15) is 11.4 Å². The van der Waals surface area contributed by atoms with E-state index in [-0.39, 0.29) is 5.91 Å². The Morgan fingerprint density at radius 2 is 1.74 bits per heavy atom. The number of carbonyl (C=O) groups is 1. The Morgan fingerprint density at radius 3 is 2.31 bits per heavy atom. The maximum Gasteiger partial charge on any atom is 0.253 e. The van der Waals surface area contributed by atoms with E-state index in [4.69, 9.17) is 9.84 Å². The third-order valence-corrected chi connectivity index (χ3v) is 6.13. The van der Waals surface area contributed by atoms with Crippen LogP contribution >= 0.6 is 0 Å². The molecule has 0 saturated carbocycles. The molecule has 0 bridgehead atoms. The number of amides is 1. The van der Waals surface area contributed by atoms with E-state index >= 15 is 0 Å². The summed E-state index contributed by atoms with van der Waals surface area (Å²) in [6.45, 7) is 11.1. The molecule has 2 heterocycles. The van der Waals surface area contributed by atoms with Gasteiger partial charge in [-0.15, -0.1) is 0 Å². The molecule has 35 heavy (non-hydrogen) atoms. The maximum absolute atomic E-state index is 13.6. The van der Waals surface area contributed by atoms with Crippen molar-refractivity contribution < 1.29 is 9.53 Å². The number of carbonyl (C=O) groups excluding carboxylic acids is 1. The molecule has 2 aromatic heterocycles. The van der Waals surface area contributed by atoms with Crippen molar-refractivity contribution in [3.05, 3.63) is 59.8 Å². The van der Waals surface area contributed by atoms with Gasteiger partial charge in [0, 0.05) is 42.5 Å². The lowest BCUT2D eigenvalue weighted by Crippen LogP contribution is -2.34. The molecule has 0 radical (unpaired) electrons. The van der Waals surface area contributed by atoms with Gasteiger partial charge in [-0.05, 0) is 68.1 Å². The minimum absolute atomic E-state index is 0.0890. The van der Waals surface area contributed by atoms with Crippen molar-refractivity contribution in [3.63, 3.8) is 0 Å². The molecule has 6 heteroatoms. The Labute approximate surface area is 210 Å². The average molecular weight is 477 g/mol. The number of nitrogens with zero attached hydrogens (tertiary/aromatic N) is 3. The summed E-state index contributed by atoms with van der Waals surface area (Å²) in [4.78, 5) is 15.6. The average Bonchev–Trinajstić information content (AvgIpc) is 3.21. The van der Waals surface area contributed by atoms with Crippen molar-refractivity contribution in [1.29, 1.82) is 0 Å². The smallest absolute Gasteiger partial charge is 0.253 e. The Kier molecular flexibility index (Phi) is 9.49. The number of ether oxygens (including phenoxy) is 1. The first-order chi connectivity index (χ1) is 16.8. The van der Waals surface area contributed by atoms with Crippen LogP contribution < -0.4 is 10.1 Å². The molecular weight excluding hydrogens is 436 g/mol. The molecule has 1 aromatic carbocycles. The molecule has 1 N–H and O–H groups in total. The molecule has 0 saturated heterocycles. The third-order valence-electron chi connectivity index (χ3n) is 6.13. The van der Waals surface area contributed by atoms with Crippen LogP contribution in [0.2, 0.25) is 0 Å². The molecule has 0 aliphatic carbocycles. The summed E-state index contributed by atoms with van der Waals surface area (Å²) < 4.78 is 7.18. The van der Waals surface area contributed by atoms with Crippen LogP contribution in [0.15, 0.2) is 48.7 Å². The SMILES string of the molecule is CNCC=Cc1c(-c2ccc(OC)cc2)nn2ccc(C(=O)N(CCC(C)C)CCC(C)C)cc12. The molecule has 0 fully saturated rings. The van der Waals surface area contributed by atoms with Gasteiger partial charge in [0.25, 0.3) is 5.91 Å². The quantitative estimate of drug-likeness (QED) is 0.360. The summed E-state index contributed by atoms with van der Waals surface area (Å²) in [5.74, 6) is 2.00. The Morgan fingerprint density at radius 1 is 1.09 bits per heavy atom. The Balaban J connectivity index is 2.02. The van der Waals surface area contributed by atoms with E-state index < -0.39 is 0 Å². The lowest BCUT2D eigenvalue weighted by atomic mass is 10.0. The number of aromatic nitrogens is 2. The van der Waals surface area contributed by atoms with Crippen LogP contribution in [0.25, 0.3) is 22.9 Å². The molecule has 188 valence electrons. The van der Waals surface area contributed by atoms with Gasteiger partial charge >= 0.3 is 0 Å². The minimum atomic E-state index is 0.0890. The van der Waals surface area contributed by atoms with Crippen LogP contribution in [0.4, 0.5) is 0 Å². The van der Waals surface area contributed by atoms with Crippen molar-refractivity contribution >= 4 is 17.5 Å². The number of nitrogens with one attached hydrogen (secondary N) is 1. The van der Waals surface area contributed by atoms with Gasteiger partial charge in [0.15, 0.2) is 0 Å². The molecule has 0 spiro atoms. The molecule has 3 rings (SSSR count). The van der Waals surface area contributed by atoms with E-state index in [0.717, 1.165) is 60.6 Å². The van der Waals surface area contributed by atoms with Crippen molar-refractivity contribution in [2.24, 2.45) is 11.8 Å². The second kappa shape index (κ2) is 12.5. The minimum Gasteiger partial charge on any atom is -0.497 e. The van der Waals surface area contributed by atoms with Gasteiger partial charge in [-0.25, -0.2) is 4.52 Å². The summed E-state index contributed by atoms with van der Waals surface area (Å²) in [7, 11) is 3.58. The predicted molar refractivity (Wildman–Crippen MR) is 145 cm³/mol. The normalized spacial score (nSPS) is 11.8. The molecule has 6 nitrogen and oxygen atoms in total. The van der Waals surface area contributed by atoms with Crippen LogP contribution in [-0.4, -0.2) is 54.2 Å². The van der Waals surface area contributed by atoms with E-state index in [1.807, 2.05) is 59.1 Å². The first kappa shape index (κ1) is 26.5. The number of likely N-dealkylation sites (N-methyl/N-ethyl adjacent to an activating group) is 1. The lowest BCUT2D eigenvalue weighted by molar-refractivity contribution is 0.0741. The first-order valence-corrected chi connectivity index (χ1v) is 12.6. The largest absolute Gasteiger partial charge is 0.497 e. The van der Waals surface area contributed by atoms with E-state index in [2.05, 4.69) is 45.2 Å². The first-order valence-electron chi connectivity index (χ1n) is 12.6. The molecule has 0 unspecified atom stereocenters. The topological polar surface area (TPSA) is 58.9 Å². The standard InChI is InChI=1S/C29H40N4O2/c1-21(2)13-17-32(18-14-22(3)4)29(34)24-15-19-33-27(20-24)26(8-7-16-30-5)28(31-33)23-9-11-25(35-6)12-10-23/h7-12,15,19-22,30H,13-14,16-18H2,1-6H3. The van der Waals surface area contributed by atoms with Crippen molar-refractivity contribution in [2.75, 3.05) is 33.8 Å². The second-order valence-corrected chi connectivity index (χ2v) is 9.85. The number of methoxy groups -OCH3 is 1. The molecule has 0 atom stereocenters. The number of fused-ring (bicyclic) bond motifs is 1. The lowest BCUT2D eigenvalue weighted by Gasteiger charge is -2.24. The second-order valence-electron chi connectivity index (χ2n) is 9.85. The molecular formula is C29H40N4O2.